The number of imide groups is 1. The van der Waals surface area contributed by atoms with Crippen molar-refractivity contribution in [3.63, 3.8) is 0 Å². The number of nitrogens with zero attached hydrogens (tertiary/aromatic N) is 2. The van der Waals surface area contributed by atoms with Gasteiger partial charge in [-0.15, -0.1) is 0 Å². The molecule has 2 heterocycles. The highest BCUT2D eigenvalue weighted by molar-refractivity contribution is 9.10. The second-order valence-electron chi connectivity index (χ2n) is 4.80. The van der Waals surface area contributed by atoms with Crippen molar-refractivity contribution in [1.29, 1.82) is 0 Å². The number of esters is 1. The molecule has 0 saturated carbocycles. The summed E-state index contributed by atoms with van der Waals surface area (Å²) < 4.78 is 7.41. The summed E-state index contributed by atoms with van der Waals surface area (Å²) in [7, 11) is 1.70. The number of hydrogen-bond acceptors (Lipinski definition) is 4. The van der Waals surface area contributed by atoms with Gasteiger partial charge in [0.2, 0.25) is 0 Å². The molecule has 0 N–H and O–H groups in total. The molecule has 112 valence electrons. The molecule has 2 aromatic rings. The van der Waals surface area contributed by atoms with Crippen LogP contribution in [0.5, 0.6) is 0 Å². The number of amides is 2. The SMILES string of the molecule is Cn1cc(Br)cc1C(=O)OCN1C(=O)c2ccccc2C1=O. The van der Waals surface area contributed by atoms with Gasteiger partial charge >= 0.3 is 5.97 Å². The molecule has 6 nitrogen and oxygen atoms in total. The third-order valence-corrected chi connectivity index (χ3v) is 3.82. The minimum Gasteiger partial charge on any atom is -0.439 e. The van der Waals surface area contributed by atoms with E-state index in [4.69, 9.17) is 4.74 Å². The Morgan fingerprint density at radius 2 is 1.77 bits per heavy atom. The smallest absolute Gasteiger partial charge is 0.356 e. The fraction of sp³-hybridized carbons (Fsp3) is 0.133. The van der Waals surface area contributed by atoms with E-state index in [1.165, 1.54) is 0 Å². The lowest BCUT2D eigenvalue weighted by Gasteiger charge is -2.14. The summed E-state index contributed by atoms with van der Waals surface area (Å²) in [4.78, 5) is 37.2. The molecule has 0 fully saturated rings. The lowest BCUT2D eigenvalue weighted by Crippen LogP contribution is -2.33. The second-order valence-corrected chi connectivity index (χ2v) is 5.71. The lowest BCUT2D eigenvalue weighted by atomic mass is 10.1. The van der Waals surface area contributed by atoms with Crippen LogP contribution in [0.1, 0.15) is 31.2 Å². The molecule has 2 amide bonds. The van der Waals surface area contributed by atoms with Crippen LogP contribution < -0.4 is 0 Å². The number of fused-ring (bicyclic) bond motifs is 1. The van der Waals surface area contributed by atoms with Crippen molar-refractivity contribution in [1.82, 2.24) is 9.47 Å². The first-order valence-corrected chi connectivity index (χ1v) is 7.22. The minimum absolute atomic E-state index is 0.323. The molecule has 3 rings (SSSR count). The van der Waals surface area contributed by atoms with Crippen molar-refractivity contribution in [2.24, 2.45) is 7.05 Å². The van der Waals surface area contributed by atoms with Gasteiger partial charge in [-0.2, -0.15) is 0 Å². The number of aromatic nitrogens is 1. The summed E-state index contributed by atoms with van der Waals surface area (Å²) in [5, 5.41) is 0. The van der Waals surface area contributed by atoms with Gasteiger partial charge in [0, 0.05) is 17.7 Å². The van der Waals surface area contributed by atoms with E-state index in [9.17, 15) is 14.4 Å². The van der Waals surface area contributed by atoms with Crippen molar-refractivity contribution in [2.45, 2.75) is 0 Å². The Hall–Kier alpha value is -2.41. The van der Waals surface area contributed by atoms with E-state index in [1.54, 1.807) is 48.1 Å². The quantitative estimate of drug-likeness (QED) is 0.619. The monoisotopic (exact) mass is 362 g/mol. The van der Waals surface area contributed by atoms with Crippen molar-refractivity contribution < 1.29 is 19.1 Å². The second kappa shape index (κ2) is 5.42. The summed E-state index contributed by atoms with van der Waals surface area (Å²) >= 11 is 3.26. The molecule has 1 aliphatic heterocycles. The van der Waals surface area contributed by atoms with E-state index in [0.29, 0.717) is 16.8 Å². The maximum absolute atomic E-state index is 12.1. The van der Waals surface area contributed by atoms with Crippen LogP contribution in [0, 0.1) is 0 Å². The molecule has 0 radical (unpaired) electrons. The van der Waals surface area contributed by atoms with Crippen LogP contribution in [0.3, 0.4) is 0 Å². The highest BCUT2D eigenvalue weighted by Crippen LogP contribution is 2.22. The van der Waals surface area contributed by atoms with E-state index in [1.807, 2.05) is 0 Å². The zero-order valence-corrected chi connectivity index (χ0v) is 13.2. The highest BCUT2D eigenvalue weighted by atomic mass is 79.9. The van der Waals surface area contributed by atoms with Crippen LogP contribution in [0.4, 0.5) is 0 Å². The summed E-state index contributed by atoms with van der Waals surface area (Å²) in [6, 6.07) is 8.12. The summed E-state index contributed by atoms with van der Waals surface area (Å²) in [6.45, 7) is -0.409. The van der Waals surface area contributed by atoms with Gasteiger partial charge in [0.15, 0.2) is 6.73 Å². The Bertz CT molecular complexity index is 762. The molecule has 0 saturated heterocycles. The number of aryl methyl sites for hydroxylation is 1. The predicted octanol–water partition coefficient (Wildman–Crippen LogP) is 2.20. The van der Waals surface area contributed by atoms with Gasteiger partial charge in [-0.05, 0) is 34.1 Å². The highest BCUT2D eigenvalue weighted by Gasteiger charge is 2.35. The van der Waals surface area contributed by atoms with E-state index in [0.717, 1.165) is 9.37 Å². The molecular formula is C15H11BrN2O4. The molecule has 22 heavy (non-hydrogen) atoms. The van der Waals surface area contributed by atoms with E-state index in [-0.39, 0.29) is 0 Å². The molecule has 1 aliphatic rings. The Labute approximate surface area is 134 Å². The van der Waals surface area contributed by atoms with E-state index >= 15 is 0 Å². The number of halogens is 1. The third kappa shape index (κ3) is 2.33. The number of rotatable bonds is 3. The lowest BCUT2D eigenvalue weighted by molar-refractivity contribution is 0.0221. The van der Waals surface area contributed by atoms with Crippen LogP contribution in [-0.4, -0.2) is 34.0 Å². The first kappa shape index (κ1) is 14.5. The zero-order valence-electron chi connectivity index (χ0n) is 11.6. The van der Waals surface area contributed by atoms with Gasteiger partial charge < -0.3 is 9.30 Å². The van der Waals surface area contributed by atoms with Gasteiger partial charge in [-0.3, -0.25) is 9.59 Å². The maximum atomic E-state index is 12.1. The van der Waals surface area contributed by atoms with E-state index in [2.05, 4.69) is 15.9 Å². The van der Waals surface area contributed by atoms with Crippen LogP contribution in [-0.2, 0) is 11.8 Å². The van der Waals surface area contributed by atoms with Crippen molar-refractivity contribution >= 4 is 33.7 Å². The Kier molecular flexibility index (Phi) is 3.58. The minimum atomic E-state index is -0.607. The molecule has 0 unspecified atom stereocenters. The van der Waals surface area contributed by atoms with Crippen molar-refractivity contribution in [2.75, 3.05) is 6.73 Å². The van der Waals surface area contributed by atoms with Gasteiger partial charge in [0.25, 0.3) is 11.8 Å². The van der Waals surface area contributed by atoms with Crippen LogP contribution in [0.25, 0.3) is 0 Å². The Morgan fingerprint density at radius 3 is 2.27 bits per heavy atom. The fourth-order valence-electron chi connectivity index (χ4n) is 2.28. The van der Waals surface area contributed by atoms with Crippen LogP contribution in [0.2, 0.25) is 0 Å². The average Bonchev–Trinajstić information content (AvgIpc) is 2.96. The first-order chi connectivity index (χ1) is 10.5. The van der Waals surface area contributed by atoms with Crippen LogP contribution in [0.15, 0.2) is 41.0 Å². The Balaban J connectivity index is 1.73. The number of carbonyl (C=O) groups excluding carboxylic acids is 3. The summed E-state index contributed by atoms with van der Waals surface area (Å²) in [5.74, 6) is -1.52. The van der Waals surface area contributed by atoms with Gasteiger partial charge in [-0.1, -0.05) is 12.1 Å². The summed E-state index contributed by atoms with van der Waals surface area (Å²) in [5.41, 5.74) is 0.971. The normalized spacial score (nSPS) is 13.5. The molecular weight excluding hydrogens is 352 g/mol. The molecule has 0 aliphatic carbocycles. The fourth-order valence-corrected chi connectivity index (χ4v) is 2.80. The standard InChI is InChI=1S/C15H11BrN2O4/c1-17-7-9(16)6-12(17)15(21)22-8-18-13(19)10-4-2-3-5-11(10)14(18)20/h2-7H,8H2,1H3. The van der Waals surface area contributed by atoms with Gasteiger partial charge in [0.05, 0.1) is 11.1 Å². The third-order valence-electron chi connectivity index (χ3n) is 3.38. The maximum Gasteiger partial charge on any atom is 0.356 e. The molecule has 0 atom stereocenters. The molecule has 1 aromatic heterocycles. The molecule has 0 bridgehead atoms. The van der Waals surface area contributed by atoms with Crippen LogP contribution >= 0.6 is 15.9 Å². The number of carbonyl (C=O) groups is 3. The topological polar surface area (TPSA) is 68.6 Å². The zero-order chi connectivity index (χ0) is 15.9. The van der Waals surface area contributed by atoms with E-state index < -0.39 is 24.5 Å². The predicted molar refractivity (Wildman–Crippen MR) is 80.3 cm³/mol. The average molecular weight is 363 g/mol. The molecule has 1 aromatic carbocycles. The number of benzene rings is 1. The molecule has 7 heteroatoms. The number of ether oxygens (including phenoxy) is 1. The Morgan fingerprint density at radius 1 is 1.18 bits per heavy atom. The van der Waals surface area contributed by atoms with Gasteiger partial charge in [-0.25, -0.2) is 9.69 Å². The molecule has 0 spiro atoms. The van der Waals surface area contributed by atoms with Gasteiger partial charge in [0.1, 0.15) is 5.69 Å². The summed E-state index contributed by atoms with van der Waals surface area (Å²) in [6.07, 6.45) is 1.71. The number of hydrogen-bond donors (Lipinski definition) is 0. The first-order valence-electron chi connectivity index (χ1n) is 6.43. The largest absolute Gasteiger partial charge is 0.439 e. The van der Waals surface area contributed by atoms with Crippen molar-refractivity contribution in [3.05, 3.63) is 57.8 Å². The van der Waals surface area contributed by atoms with Crippen molar-refractivity contribution in [3.8, 4) is 0 Å².